The monoisotopic (exact) mass is 496 g/mol. The second kappa shape index (κ2) is 8.03. The largest absolute Gasteiger partial charge is 0.462 e. The van der Waals surface area contributed by atoms with E-state index in [1.54, 1.807) is 6.92 Å². The van der Waals surface area contributed by atoms with E-state index < -0.39 is 5.41 Å². The van der Waals surface area contributed by atoms with Gasteiger partial charge in [0.25, 0.3) is 0 Å². The van der Waals surface area contributed by atoms with Gasteiger partial charge in [-0.25, -0.2) is 0 Å². The average molecular weight is 497 g/mol. The molecule has 5 aliphatic rings. The van der Waals surface area contributed by atoms with Crippen LogP contribution in [0.2, 0.25) is 0 Å². The molecule has 0 aliphatic heterocycles. The van der Waals surface area contributed by atoms with E-state index in [0.717, 1.165) is 56.8 Å². The van der Waals surface area contributed by atoms with E-state index in [4.69, 9.17) is 4.74 Å². The minimum atomic E-state index is -0.546. The summed E-state index contributed by atoms with van der Waals surface area (Å²) in [6.07, 6.45) is 10.0. The Kier molecular flexibility index (Phi) is 5.83. The Bertz CT molecular complexity index is 1020. The maximum absolute atomic E-state index is 13.3. The van der Waals surface area contributed by atoms with Crippen molar-refractivity contribution in [3.8, 4) is 0 Å². The van der Waals surface area contributed by atoms with Crippen LogP contribution in [0.1, 0.15) is 113 Å². The Morgan fingerprint density at radius 1 is 0.917 bits per heavy atom. The second-order valence-electron chi connectivity index (χ2n) is 14.9. The van der Waals surface area contributed by atoms with Gasteiger partial charge in [-0.3, -0.25) is 9.59 Å². The van der Waals surface area contributed by atoms with Crippen LogP contribution in [0.4, 0.5) is 0 Å². The van der Waals surface area contributed by atoms with E-state index in [9.17, 15) is 14.4 Å². The minimum Gasteiger partial charge on any atom is -0.462 e. The summed E-state index contributed by atoms with van der Waals surface area (Å²) >= 11 is 0. The molecule has 0 saturated heterocycles. The third-order valence-electron chi connectivity index (χ3n) is 13.0. The molecule has 0 spiro atoms. The lowest BCUT2D eigenvalue weighted by Crippen LogP contribution is -2.65. The summed E-state index contributed by atoms with van der Waals surface area (Å²) < 4.78 is 5.87. The zero-order valence-electron chi connectivity index (χ0n) is 24.0. The van der Waals surface area contributed by atoms with Crippen LogP contribution in [0, 0.1) is 50.7 Å². The number of Topliss-reactive ketones (excluding diaryl/α,β-unsaturated/α-hetero) is 1. The fraction of sp³-hybridized carbons (Fsp3) is 0.844. The zero-order chi connectivity index (χ0) is 26.5. The summed E-state index contributed by atoms with van der Waals surface area (Å²) in [5.74, 6) is 1.69. The molecule has 5 rings (SSSR count). The molecule has 8 atom stereocenters. The number of hydrogen-bond donors (Lipinski definition) is 0. The van der Waals surface area contributed by atoms with Gasteiger partial charge >= 0.3 is 5.97 Å². The summed E-state index contributed by atoms with van der Waals surface area (Å²) in [4.78, 5) is 37.7. The van der Waals surface area contributed by atoms with Gasteiger partial charge in [0.2, 0.25) is 0 Å². The van der Waals surface area contributed by atoms with Crippen molar-refractivity contribution < 1.29 is 19.1 Å². The van der Waals surface area contributed by atoms with Gasteiger partial charge < -0.3 is 9.53 Å². The van der Waals surface area contributed by atoms with Crippen molar-refractivity contribution >= 4 is 18.0 Å². The summed E-state index contributed by atoms with van der Waals surface area (Å²) in [6.45, 7) is 18.1. The van der Waals surface area contributed by atoms with E-state index in [1.165, 1.54) is 12.0 Å². The normalized spacial score (nSPS) is 47.5. The summed E-state index contributed by atoms with van der Waals surface area (Å²) in [5, 5.41) is 0. The van der Waals surface area contributed by atoms with Crippen LogP contribution in [-0.2, 0) is 19.1 Å². The Morgan fingerprint density at radius 2 is 1.61 bits per heavy atom. The third-order valence-corrected chi connectivity index (χ3v) is 13.0. The Labute approximate surface area is 218 Å². The number of ketones is 1. The SMILES string of the molecule is CC(=O)O[C@H]1CC[C@@]2(C)[C@H](CC[C@]3(C)[C@@H]2CC[C@@H]2C4=C(C(C)C)C(=O)C[C@]4(C=O)CC[C@]23C)C1(C)C. The Morgan fingerprint density at radius 3 is 2.22 bits per heavy atom. The number of esters is 1. The molecule has 0 N–H and O–H groups in total. The number of hydrogen-bond acceptors (Lipinski definition) is 4. The van der Waals surface area contributed by atoms with Crippen LogP contribution in [0.15, 0.2) is 11.1 Å². The lowest BCUT2D eigenvalue weighted by molar-refractivity contribution is -0.232. The molecule has 4 fully saturated rings. The maximum atomic E-state index is 13.3. The lowest BCUT2D eigenvalue weighted by Gasteiger charge is -2.72. The molecule has 4 heteroatoms. The van der Waals surface area contributed by atoms with Crippen molar-refractivity contribution in [1.82, 2.24) is 0 Å². The van der Waals surface area contributed by atoms with Gasteiger partial charge in [-0.1, -0.05) is 48.5 Å². The van der Waals surface area contributed by atoms with Crippen molar-refractivity contribution in [1.29, 1.82) is 0 Å². The smallest absolute Gasteiger partial charge is 0.302 e. The molecule has 4 saturated carbocycles. The number of rotatable bonds is 3. The molecule has 0 bridgehead atoms. The first kappa shape index (κ1) is 26.2. The fourth-order valence-electron chi connectivity index (χ4n) is 11.2. The van der Waals surface area contributed by atoms with Gasteiger partial charge in [-0.15, -0.1) is 0 Å². The quantitative estimate of drug-likeness (QED) is 0.309. The third kappa shape index (κ3) is 3.14. The minimum absolute atomic E-state index is 0.00416. The van der Waals surface area contributed by atoms with E-state index >= 15 is 0 Å². The van der Waals surface area contributed by atoms with Crippen molar-refractivity contribution in [2.75, 3.05) is 0 Å². The molecular weight excluding hydrogens is 448 g/mol. The van der Waals surface area contributed by atoms with Crippen molar-refractivity contribution in [3.05, 3.63) is 11.1 Å². The van der Waals surface area contributed by atoms with Gasteiger partial charge in [-0.2, -0.15) is 0 Å². The van der Waals surface area contributed by atoms with Gasteiger partial charge in [0.15, 0.2) is 5.78 Å². The van der Waals surface area contributed by atoms with Crippen LogP contribution in [0.5, 0.6) is 0 Å². The van der Waals surface area contributed by atoms with Crippen LogP contribution in [0.25, 0.3) is 0 Å². The topological polar surface area (TPSA) is 60.4 Å². The predicted octanol–water partition coefficient (Wildman–Crippen LogP) is 7.10. The van der Waals surface area contributed by atoms with Gasteiger partial charge in [0.1, 0.15) is 12.4 Å². The number of carbonyl (C=O) groups excluding carboxylic acids is 3. The maximum Gasteiger partial charge on any atom is 0.302 e. The molecule has 0 aromatic carbocycles. The highest BCUT2D eigenvalue weighted by Gasteiger charge is 2.70. The number of aldehydes is 1. The van der Waals surface area contributed by atoms with E-state index in [-0.39, 0.29) is 45.4 Å². The first-order chi connectivity index (χ1) is 16.7. The van der Waals surface area contributed by atoms with E-state index in [0.29, 0.717) is 24.2 Å². The molecule has 200 valence electrons. The molecule has 0 aromatic rings. The van der Waals surface area contributed by atoms with Gasteiger partial charge in [0, 0.05) is 18.8 Å². The molecule has 0 heterocycles. The molecule has 0 amide bonds. The lowest BCUT2D eigenvalue weighted by atomic mass is 9.33. The Balaban J connectivity index is 1.56. The molecule has 0 radical (unpaired) electrons. The van der Waals surface area contributed by atoms with Crippen LogP contribution < -0.4 is 0 Å². The van der Waals surface area contributed by atoms with Crippen molar-refractivity contribution in [3.63, 3.8) is 0 Å². The average Bonchev–Trinajstić information content (AvgIpc) is 3.09. The number of carbonyl (C=O) groups is 3. The van der Waals surface area contributed by atoms with Crippen LogP contribution in [-0.4, -0.2) is 24.1 Å². The molecule has 4 nitrogen and oxygen atoms in total. The predicted molar refractivity (Wildman–Crippen MR) is 141 cm³/mol. The van der Waals surface area contributed by atoms with Gasteiger partial charge in [0.05, 0.1) is 5.41 Å². The molecule has 36 heavy (non-hydrogen) atoms. The van der Waals surface area contributed by atoms with E-state index in [1.807, 2.05) is 0 Å². The molecule has 5 aliphatic carbocycles. The van der Waals surface area contributed by atoms with E-state index in [2.05, 4.69) is 48.5 Å². The molecular formula is C32H48O4. The molecule has 0 unspecified atom stereocenters. The van der Waals surface area contributed by atoms with Crippen molar-refractivity contribution in [2.24, 2.45) is 50.7 Å². The summed E-state index contributed by atoms with van der Waals surface area (Å²) in [5.41, 5.74) is 2.12. The summed E-state index contributed by atoms with van der Waals surface area (Å²) in [6, 6.07) is 0. The molecule has 0 aromatic heterocycles. The zero-order valence-corrected chi connectivity index (χ0v) is 24.0. The van der Waals surface area contributed by atoms with Crippen LogP contribution in [0.3, 0.4) is 0 Å². The standard InChI is InChI=1S/C32H48O4/c1-19(2)26-22(35)17-32(18-33)16-15-30(7)21(27(26)32)9-10-24-29(6)13-12-25(36-20(3)34)28(4,5)23(29)11-14-31(24,30)8/h18-19,21,23-25H,9-17H2,1-8H3/t21-,23-,24-,25+,29+,30-,31-,32+/m1/s1. The first-order valence-electron chi connectivity index (χ1n) is 14.6. The Hall–Kier alpha value is -1.45. The first-order valence-corrected chi connectivity index (χ1v) is 14.6. The fourth-order valence-corrected chi connectivity index (χ4v) is 11.2. The highest BCUT2D eigenvalue weighted by atomic mass is 16.5. The highest BCUT2D eigenvalue weighted by molar-refractivity contribution is 6.03. The number of ether oxygens (including phenoxy) is 1. The highest BCUT2D eigenvalue weighted by Crippen LogP contribution is 2.76. The second-order valence-corrected chi connectivity index (χ2v) is 14.9. The van der Waals surface area contributed by atoms with Crippen LogP contribution >= 0.6 is 0 Å². The number of fused-ring (bicyclic) bond motifs is 7. The number of allylic oxidation sites excluding steroid dienone is 2. The van der Waals surface area contributed by atoms with Gasteiger partial charge in [-0.05, 0) is 102 Å². The van der Waals surface area contributed by atoms with Crippen molar-refractivity contribution in [2.45, 2.75) is 119 Å². The summed E-state index contributed by atoms with van der Waals surface area (Å²) in [7, 11) is 0.